The molecule has 0 radical (unpaired) electrons. The molecule has 0 unspecified atom stereocenters. The Kier molecular flexibility index (Phi) is 2.87. The predicted octanol–water partition coefficient (Wildman–Crippen LogP) is 0.957. The molecule has 2 rings (SSSR count). The van der Waals surface area contributed by atoms with Crippen molar-refractivity contribution in [2.75, 3.05) is 6.61 Å². The largest absolute Gasteiger partial charge is 0.477 e. The van der Waals surface area contributed by atoms with Crippen LogP contribution < -0.4 is 0 Å². The number of imidazole rings is 1. The fourth-order valence-corrected chi connectivity index (χ4v) is 1.69. The Morgan fingerprint density at radius 3 is 2.94 bits per heavy atom. The normalized spacial score (nSPS) is 10.8. The number of pyridine rings is 1. The van der Waals surface area contributed by atoms with Crippen LogP contribution in [-0.4, -0.2) is 32.2 Å². The Hall–Kier alpha value is -1.88. The lowest BCUT2D eigenvalue weighted by Crippen LogP contribution is -2.08. The van der Waals surface area contributed by atoms with Crippen LogP contribution in [-0.2, 0) is 6.42 Å². The lowest BCUT2D eigenvalue weighted by molar-refractivity contribution is 0.0688. The van der Waals surface area contributed by atoms with Crippen LogP contribution in [0.4, 0.5) is 0 Å². The van der Waals surface area contributed by atoms with E-state index in [0.717, 1.165) is 5.52 Å². The number of aliphatic hydroxyl groups is 1. The zero-order valence-corrected chi connectivity index (χ0v) is 8.63. The number of carbonyl (C=O) groups is 1. The van der Waals surface area contributed by atoms with Gasteiger partial charge in [0.1, 0.15) is 11.5 Å². The molecule has 0 fully saturated rings. The quantitative estimate of drug-likeness (QED) is 0.804. The van der Waals surface area contributed by atoms with Crippen LogP contribution in [0.1, 0.15) is 22.7 Å². The summed E-state index contributed by atoms with van der Waals surface area (Å²) in [6.45, 7) is 0.0736. The molecular weight excluding hydrogens is 208 g/mol. The van der Waals surface area contributed by atoms with E-state index in [2.05, 4.69) is 4.98 Å². The van der Waals surface area contributed by atoms with Crippen molar-refractivity contribution in [1.29, 1.82) is 0 Å². The summed E-state index contributed by atoms with van der Waals surface area (Å²) in [6.07, 6.45) is 2.78. The third kappa shape index (κ3) is 1.77. The molecule has 0 saturated carbocycles. The van der Waals surface area contributed by atoms with Gasteiger partial charge in [0.25, 0.3) is 0 Å². The second-order valence-electron chi connectivity index (χ2n) is 3.48. The molecule has 2 aromatic heterocycles. The molecule has 0 aromatic carbocycles. The van der Waals surface area contributed by atoms with Gasteiger partial charge in [-0.2, -0.15) is 0 Å². The first-order chi connectivity index (χ1) is 7.74. The average Bonchev–Trinajstić information content (AvgIpc) is 2.69. The van der Waals surface area contributed by atoms with Crippen LogP contribution >= 0.6 is 0 Å². The third-order valence-corrected chi connectivity index (χ3v) is 2.40. The van der Waals surface area contributed by atoms with E-state index in [-0.39, 0.29) is 12.3 Å². The molecule has 0 amide bonds. The van der Waals surface area contributed by atoms with E-state index in [9.17, 15) is 4.79 Å². The van der Waals surface area contributed by atoms with Crippen molar-refractivity contribution in [3.8, 4) is 0 Å². The third-order valence-electron chi connectivity index (χ3n) is 2.40. The second kappa shape index (κ2) is 4.32. The zero-order chi connectivity index (χ0) is 11.5. The second-order valence-corrected chi connectivity index (χ2v) is 3.48. The van der Waals surface area contributed by atoms with Crippen LogP contribution in [0.3, 0.4) is 0 Å². The topological polar surface area (TPSA) is 74.8 Å². The molecule has 2 heterocycles. The van der Waals surface area contributed by atoms with Gasteiger partial charge in [-0.15, -0.1) is 0 Å². The summed E-state index contributed by atoms with van der Waals surface area (Å²) < 4.78 is 1.61. The van der Waals surface area contributed by atoms with Gasteiger partial charge >= 0.3 is 5.97 Å². The van der Waals surface area contributed by atoms with E-state index in [0.29, 0.717) is 18.7 Å². The first-order valence-corrected chi connectivity index (χ1v) is 5.03. The monoisotopic (exact) mass is 220 g/mol. The number of aryl methyl sites for hydroxylation is 1. The molecule has 84 valence electrons. The van der Waals surface area contributed by atoms with Gasteiger partial charge in [-0.1, -0.05) is 6.07 Å². The Labute approximate surface area is 92.0 Å². The molecule has 2 N–H and O–H groups in total. The van der Waals surface area contributed by atoms with Crippen LogP contribution in [0.5, 0.6) is 0 Å². The molecule has 0 aliphatic heterocycles. The predicted molar refractivity (Wildman–Crippen MR) is 57.6 cm³/mol. The van der Waals surface area contributed by atoms with E-state index in [1.54, 1.807) is 22.7 Å². The van der Waals surface area contributed by atoms with Gasteiger partial charge in [0.15, 0.2) is 0 Å². The van der Waals surface area contributed by atoms with Gasteiger partial charge in [0.2, 0.25) is 0 Å². The highest BCUT2D eigenvalue weighted by atomic mass is 16.4. The van der Waals surface area contributed by atoms with Crippen LogP contribution in [0.2, 0.25) is 0 Å². The minimum atomic E-state index is -0.978. The summed E-state index contributed by atoms with van der Waals surface area (Å²) in [7, 11) is 0. The first-order valence-electron chi connectivity index (χ1n) is 5.03. The number of carboxylic acid groups (broad SMARTS) is 1. The number of hydrogen-bond acceptors (Lipinski definition) is 3. The number of hydrogen-bond donors (Lipinski definition) is 2. The van der Waals surface area contributed by atoms with Gasteiger partial charge in [-0.25, -0.2) is 9.78 Å². The number of fused-ring (bicyclic) bond motifs is 1. The maximum Gasteiger partial charge on any atom is 0.352 e. The number of aromatic carboxylic acids is 1. The fraction of sp³-hybridized carbons (Fsp3) is 0.273. The lowest BCUT2D eigenvalue weighted by Gasteiger charge is -2.04. The molecule has 2 aromatic rings. The average molecular weight is 220 g/mol. The van der Waals surface area contributed by atoms with Gasteiger partial charge in [-0.05, 0) is 18.6 Å². The molecule has 0 saturated heterocycles. The number of aliphatic hydroxyl groups excluding tert-OH is 1. The zero-order valence-electron chi connectivity index (χ0n) is 8.63. The molecule has 5 nitrogen and oxygen atoms in total. The van der Waals surface area contributed by atoms with E-state index < -0.39 is 5.97 Å². The minimum Gasteiger partial charge on any atom is -0.477 e. The molecule has 0 aliphatic carbocycles. The summed E-state index contributed by atoms with van der Waals surface area (Å²) in [5.74, 6) is -0.309. The standard InChI is InChI=1S/C11H12N2O3/c14-6-2-5-10-12-7-8-3-1-4-9(11(15)16)13(8)10/h1,3-4,7,14H,2,5-6H2,(H,15,16). The first kappa shape index (κ1) is 10.6. The Balaban J connectivity index is 2.54. The highest BCUT2D eigenvalue weighted by Crippen LogP contribution is 2.12. The van der Waals surface area contributed by atoms with E-state index in [4.69, 9.17) is 10.2 Å². The number of carboxylic acids is 1. The summed E-state index contributed by atoms with van der Waals surface area (Å²) in [5.41, 5.74) is 0.954. The Bertz CT molecular complexity index is 519. The molecular formula is C11H12N2O3. The van der Waals surface area contributed by atoms with Gasteiger partial charge < -0.3 is 10.2 Å². The van der Waals surface area contributed by atoms with Crippen molar-refractivity contribution in [2.45, 2.75) is 12.8 Å². The molecule has 0 bridgehead atoms. The van der Waals surface area contributed by atoms with Gasteiger partial charge in [0, 0.05) is 13.0 Å². The van der Waals surface area contributed by atoms with Crippen molar-refractivity contribution in [1.82, 2.24) is 9.38 Å². The van der Waals surface area contributed by atoms with Crippen molar-refractivity contribution < 1.29 is 15.0 Å². The van der Waals surface area contributed by atoms with Crippen molar-refractivity contribution >= 4 is 11.5 Å². The lowest BCUT2D eigenvalue weighted by atomic mass is 10.3. The highest BCUT2D eigenvalue weighted by molar-refractivity contribution is 5.86. The maximum atomic E-state index is 11.0. The molecule has 0 aliphatic rings. The smallest absolute Gasteiger partial charge is 0.352 e. The van der Waals surface area contributed by atoms with Gasteiger partial charge in [-0.3, -0.25) is 4.40 Å². The fourth-order valence-electron chi connectivity index (χ4n) is 1.69. The van der Waals surface area contributed by atoms with Crippen LogP contribution in [0.15, 0.2) is 24.4 Å². The van der Waals surface area contributed by atoms with E-state index >= 15 is 0 Å². The van der Waals surface area contributed by atoms with Crippen molar-refractivity contribution in [2.24, 2.45) is 0 Å². The number of rotatable bonds is 4. The number of nitrogens with zero attached hydrogens (tertiary/aromatic N) is 2. The molecule has 0 atom stereocenters. The summed E-state index contributed by atoms with van der Waals surface area (Å²) in [6, 6.07) is 5.04. The molecule has 0 spiro atoms. The van der Waals surface area contributed by atoms with Crippen molar-refractivity contribution in [3.63, 3.8) is 0 Å². The summed E-state index contributed by atoms with van der Waals surface area (Å²) in [4.78, 5) is 15.2. The maximum absolute atomic E-state index is 11.0. The van der Waals surface area contributed by atoms with E-state index in [1.807, 2.05) is 6.07 Å². The van der Waals surface area contributed by atoms with Gasteiger partial charge in [0.05, 0.1) is 11.7 Å². The van der Waals surface area contributed by atoms with Crippen LogP contribution in [0.25, 0.3) is 5.52 Å². The van der Waals surface area contributed by atoms with E-state index in [1.165, 1.54) is 0 Å². The summed E-state index contributed by atoms with van der Waals surface area (Å²) in [5, 5.41) is 17.8. The summed E-state index contributed by atoms with van der Waals surface area (Å²) >= 11 is 0. The highest BCUT2D eigenvalue weighted by Gasteiger charge is 2.11. The Morgan fingerprint density at radius 2 is 2.25 bits per heavy atom. The van der Waals surface area contributed by atoms with Crippen molar-refractivity contribution in [3.05, 3.63) is 35.9 Å². The number of aromatic nitrogens is 2. The molecule has 16 heavy (non-hydrogen) atoms. The molecule has 5 heteroatoms. The Morgan fingerprint density at radius 1 is 1.44 bits per heavy atom. The minimum absolute atomic E-state index is 0.0736. The SMILES string of the molecule is O=C(O)c1cccc2cnc(CCCO)n12. The van der Waals surface area contributed by atoms with Crippen LogP contribution in [0, 0.1) is 0 Å².